The van der Waals surface area contributed by atoms with E-state index in [1.54, 1.807) is 0 Å². The van der Waals surface area contributed by atoms with Gasteiger partial charge in [-0.25, -0.2) is 9.59 Å². The second-order valence-electron chi connectivity index (χ2n) is 7.62. The van der Waals surface area contributed by atoms with Crippen molar-refractivity contribution >= 4 is 17.8 Å². The molecular formula is C22H39NO5. The van der Waals surface area contributed by atoms with Gasteiger partial charge >= 0.3 is 11.9 Å². The molecule has 6 heteroatoms. The molecule has 0 heterocycles. The lowest BCUT2D eigenvalue weighted by atomic mass is 10.0. The standard InChI is InChI=1S/C22H39NO5/c1-3-4-5-6-7-8-9-10-11-12-13-14-15-16-17-18-19(24)23-22(2,20(25)26)21(27)28/h10-11H,3-9,12-18H2,1-2H3,(H,23,24)(H,25,26)(H,27,28)/b11-10-. The normalized spacial score (nSPS) is 11.6. The number of amides is 1. The molecule has 3 N–H and O–H groups in total. The van der Waals surface area contributed by atoms with Crippen LogP contribution in [0.2, 0.25) is 0 Å². The summed E-state index contributed by atoms with van der Waals surface area (Å²) in [7, 11) is 0. The molecule has 162 valence electrons. The van der Waals surface area contributed by atoms with Crippen molar-refractivity contribution in [2.24, 2.45) is 0 Å². The largest absolute Gasteiger partial charge is 0.479 e. The predicted molar refractivity (Wildman–Crippen MR) is 111 cm³/mol. The van der Waals surface area contributed by atoms with Gasteiger partial charge in [0.25, 0.3) is 0 Å². The van der Waals surface area contributed by atoms with Crippen molar-refractivity contribution in [3.05, 3.63) is 12.2 Å². The van der Waals surface area contributed by atoms with Gasteiger partial charge in [0.15, 0.2) is 0 Å². The first kappa shape index (κ1) is 26.1. The van der Waals surface area contributed by atoms with E-state index in [0.717, 1.165) is 39.0 Å². The van der Waals surface area contributed by atoms with Gasteiger partial charge in [-0.2, -0.15) is 0 Å². The fourth-order valence-corrected chi connectivity index (χ4v) is 2.90. The first-order chi connectivity index (χ1) is 13.3. The van der Waals surface area contributed by atoms with Crippen molar-refractivity contribution in [2.75, 3.05) is 0 Å². The van der Waals surface area contributed by atoms with Crippen molar-refractivity contribution in [1.29, 1.82) is 0 Å². The minimum absolute atomic E-state index is 0.147. The molecule has 0 aliphatic heterocycles. The molecule has 0 spiro atoms. The lowest BCUT2D eigenvalue weighted by molar-refractivity contribution is -0.160. The maximum atomic E-state index is 11.8. The highest BCUT2D eigenvalue weighted by Crippen LogP contribution is 2.11. The number of carboxylic acid groups (broad SMARTS) is 2. The van der Waals surface area contributed by atoms with E-state index in [0.29, 0.717) is 6.42 Å². The smallest absolute Gasteiger partial charge is 0.340 e. The quantitative estimate of drug-likeness (QED) is 0.170. The number of carbonyl (C=O) groups is 3. The molecule has 0 saturated heterocycles. The number of nitrogens with one attached hydrogen (secondary N) is 1. The zero-order chi connectivity index (χ0) is 21.3. The number of aliphatic carboxylic acids is 2. The van der Waals surface area contributed by atoms with Crippen LogP contribution in [0.4, 0.5) is 0 Å². The van der Waals surface area contributed by atoms with Gasteiger partial charge in [-0.15, -0.1) is 0 Å². The number of rotatable bonds is 18. The molecule has 0 bridgehead atoms. The number of hydrogen-bond donors (Lipinski definition) is 3. The third-order valence-corrected chi connectivity index (χ3v) is 4.91. The summed E-state index contributed by atoms with van der Waals surface area (Å²) in [4.78, 5) is 33.8. The molecule has 28 heavy (non-hydrogen) atoms. The second kappa shape index (κ2) is 16.1. The van der Waals surface area contributed by atoms with Crippen LogP contribution in [0, 0.1) is 0 Å². The van der Waals surface area contributed by atoms with Gasteiger partial charge in [0.2, 0.25) is 11.4 Å². The molecule has 6 nitrogen and oxygen atoms in total. The number of carboxylic acids is 2. The van der Waals surface area contributed by atoms with Gasteiger partial charge in [0, 0.05) is 6.42 Å². The van der Waals surface area contributed by atoms with Crippen molar-refractivity contribution in [3.63, 3.8) is 0 Å². The summed E-state index contributed by atoms with van der Waals surface area (Å²) < 4.78 is 0. The van der Waals surface area contributed by atoms with Crippen LogP contribution in [0.1, 0.15) is 104 Å². The van der Waals surface area contributed by atoms with E-state index in [1.807, 2.05) is 0 Å². The lowest BCUT2D eigenvalue weighted by Gasteiger charge is -2.21. The summed E-state index contributed by atoms with van der Waals surface area (Å²) in [5.41, 5.74) is -2.26. The number of allylic oxidation sites excluding steroid dienone is 2. The maximum absolute atomic E-state index is 11.8. The highest BCUT2D eigenvalue weighted by molar-refractivity contribution is 6.05. The molecule has 0 unspecified atom stereocenters. The first-order valence-corrected chi connectivity index (χ1v) is 10.8. The van der Waals surface area contributed by atoms with Crippen molar-refractivity contribution in [1.82, 2.24) is 5.32 Å². The Bertz CT molecular complexity index is 473. The van der Waals surface area contributed by atoms with Gasteiger partial charge in [0.1, 0.15) is 0 Å². The van der Waals surface area contributed by atoms with Crippen LogP contribution in [0.5, 0.6) is 0 Å². The molecule has 1 amide bonds. The minimum atomic E-state index is -2.26. The van der Waals surface area contributed by atoms with E-state index in [9.17, 15) is 14.4 Å². The molecular weight excluding hydrogens is 358 g/mol. The molecule has 0 aromatic carbocycles. The van der Waals surface area contributed by atoms with E-state index < -0.39 is 23.4 Å². The third-order valence-electron chi connectivity index (χ3n) is 4.91. The Morgan fingerprint density at radius 2 is 1.18 bits per heavy atom. The van der Waals surface area contributed by atoms with Crippen molar-refractivity contribution in [3.8, 4) is 0 Å². The minimum Gasteiger partial charge on any atom is -0.479 e. The van der Waals surface area contributed by atoms with Gasteiger partial charge in [-0.3, -0.25) is 4.79 Å². The predicted octanol–water partition coefficient (Wildman–Crippen LogP) is 5.07. The highest BCUT2D eigenvalue weighted by atomic mass is 16.4. The molecule has 0 fully saturated rings. The van der Waals surface area contributed by atoms with Gasteiger partial charge in [0.05, 0.1) is 0 Å². The zero-order valence-corrected chi connectivity index (χ0v) is 17.7. The van der Waals surface area contributed by atoms with Crippen LogP contribution in [0.3, 0.4) is 0 Å². The van der Waals surface area contributed by atoms with E-state index in [1.165, 1.54) is 44.9 Å². The summed E-state index contributed by atoms with van der Waals surface area (Å²) in [6.07, 6.45) is 19.7. The van der Waals surface area contributed by atoms with E-state index >= 15 is 0 Å². The molecule has 0 atom stereocenters. The van der Waals surface area contributed by atoms with Crippen LogP contribution >= 0.6 is 0 Å². The summed E-state index contributed by atoms with van der Waals surface area (Å²) in [6.45, 7) is 3.22. The van der Waals surface area contributed by atoms with Crippen LogP contribution in [-0.2, 0) is 14.4 Å². The number of unbranched alkanes of at least 4 members (excludes halogenated alkanes) is 11. The van der Waals surface area contributed by atoms with E-state index in [-0.39, 0.29) is 6.42 Å². The molecule has 0 radical (unpaired) electrons. The molecule has 0 aliphatic rings. The Balaban J connectivity index is 3.59. The van der Waals surface area contributed by atoms with Crippen LogP contribution in [0.25, 0.3) is 0 Å². The molecule has 0 aromatic heterocycles. The Morgan fingerprint density at radius 3 is 1.64 bits per heavy atom. The SMILES string of the molecule is CCCCCCCC/C=C\CCCCCCCC(=O)NC(C)(C(=O)O)C(=O)O. The molecule has 0 aromatic rings. The van der Waals surface area contributed by atoms with Gasteiger partial charge < -0.3 is 15.5 Å². The summed E-state index contributed by atoms with van der Waals surface area (Å²) in [6, 6.07) is 0. The Hall–Kier alpha value is -1.85. The van der Waals surface area contributed by atoms with Crippen LogP contribution in [0.15, 0.2) is 12.2 Å². The Kier molecular flexibility index (Phi) is 15.1. The Morgan fingerprint density at radius 1 is 0.750 bits per heavy atom. The highest BCUT2D eigenvalue weighted by Gasteiger charge is 2.42. The molecule has 0 rings (SSSR count). The van der Waals surface area contributed by atoms with Gasteiger partial charge in [-0.1, -0.05) is 70.4 Å². The zero-order valence-electron chi connectivity index (χ0n) is 17.7. The first-order valence-electron chi connectivity index (χ1n) is 10.8. The lowest BCUT2D eigenvalue weighted by Crippen LogP contribution is -2.57. The summed E-state index contributed by atoms with van der Waals surface area (Å²) in [5.74, 6) is -3.68. The van der Waals surface area contributed by atoms with E-state index in [2.05, 4.69) is 24.4 Å². The van der Waals surface area contributed by atoms with Gasteiger partial charge in [-0.05, 0) is 39.0 Å². The average molecular weight is 398 g/mol. The number of carbonyl (C=O) groups excluding carboxylic acids is 1. The second-order valence-corrected chi connectivity index (χ2v) is 7.62. The summed E-state index contributed by atoms with van der Waals surface area (Å²) >= 11 is 0. The van der Waals surface area contributed by atoms with Crippen LogP contribution in [-0.4, -0.2) is 33.6 Å². The fourth-order valence-electron chi connectivity index (χ4n) is 2.90. The fraction of sp³-hybridized carbons (Fsp3) is 0.773. The van der Waals surface area contributed by atoms with Crippen molar-refractivity contribution < 1.29 is 24.6 Å². The molecule has 0 aliphatic carbocycles. The maximum Gasteiger partial charge on any atom is 0.340 e. The van der Waals surface area contributed by atoms with Crippen molar-refractivity contribution in [2.45, 2.75) is 109 Å². The summed E-state index contributed by atoms with van der Waals surface area (Å²) in [5, 5.41) is 20.0. The monoisotopic (exact) mass is 397 g/mol. The Labute approximate surface area is 169 Å². The third kappa shape index (κ3) is 12.5. The van der Waals surface area contributed by atoms with Crippen LogP contribution < -0.4 is 5.32 Å². The number of hydrogen-bond acceptors (Lipinski definition) is 3. The molecule has 0 saturated carbocycles. The average Bonchev–Trinajstić information content (AvgIpc) is 2.64. The van der Waals surface area contributed by atoms with E-state index in [4.69, 9.17) is 10.2 Å². The topological polar surface area (TPSA) is 104 Å².